The molecule has 0 spiro atoms. The highest BCUT2D eigenvalue weighted by Crippen LogP contribution is 2.49. The Morgan fingerprint density at radius 3 is 2.54 bits per heavy atom. The van der Waals surface area contributed by atoms with Gasteiger partial charge in [0.05, 0.1) is 11.3 Å². The van der Waals surface area contributed by atoms with Crippen LogP contribution in [0.25, 0.3) is 10.8 Å². The summed E-state index contributed by atoms with van der Waals surface area (Å²) in [4.78, 5) is 64.0. The summed E-state index contributed by atoms with van der Waals surface area (Å²) in [6.45, 7) is 8.51. The number of pyridine rings is 1. The Bertz CT molecular complexity index is 2120. The number of fused-ring (bicyclic) bond motifs is 5. The summed E-state index contributed by atoms with van der Waals surface area (Å²) in [6.07, 6.45) is 8.18. The number of rotatable bonds is 8. The van der Waals surface area contributed by atoms with Crippen LogP contribution < -0.4 is 24.2 Å². The number of hydrogen-bond donors (Lipinski definition) is 3. The van der Waals surface area contributed by atoms with Crippen molar-refractivity contribution in [2.75, 3.05) is 26.3 Å². The molecule has 8 rings (SSSR count). The van der Waals surface area contributed by atoms with Crippen molar-refractivity contribution in [2.24, 2.45) is 23.2 Å². The number of sulfonamides is 1. The molecule has 15 nitrogen and oxygen atoms in total. The van der Waals surface area contributed by atoms with Crippen molar-refractivity contribution in [1.29, 1.82) is 0 Å². The van der Waals surface area contributed by atoms with E-state index in [1.54, 1.807) is 25.3 Å². The van der Waals surface area contributed by atoms with E-state index in [-0.39, 0.29) is 43.1 Å². The molecule has 4 heterocycles. The highest BCUT2D eigenvalue weighted by molar-refractivity contribution is 7.91. The maximum atomic E-state index is 15.1. The van der Waals surface area contributed by atoms with Crippen LogP contribution in [0, 0.1) is 23.2 Å². The molecule has 3 aliphatic carbocycles. The van der Waals surface area contributed by atoms with E-state index < -0.39 is 74.1 Å². The fraction of sp³-hybridized carbons (Fsp3) is 0.634. The monoisotopic (exact) mass is 807 g/mol. The lowest BCUT2D eigenvalue weighted by molar-refractivity contribution is -0.144. The SMILES string of the molecule is C[C@@H]1CC/C=C\[C@@H]2C[C@@]2(C(=O)NS(=O)(=O)C2(C)CC2)NC(=O)[C@@H]2C[C@@H](Oc3nccc4c5c(ccc34)OCCO5)CN2C(=O)[C@@H](N(CC2(C)CC2)C(=O)O)[C@H](C)C1. The maximum Gasteiger partial charge on any atom is 0.408 e. The Kier molecular flexibility index (Phi) is 9.88. The Morgan fingerprint density at radius 2 is 1.82 bits per heavy atom. The predicted molar refractivity (Wildman–Crippen MR) is 208 cm³/mol. The van der Waals surface area contributed by atoms with Gasteiger partial charge in [0.15, 0.2) is 11.5 Å². The van der Waals surface area contributed by atoms with E-state index in [0.717, 1.165) is 24.6 Å². The average Bonchev–Trinajstić information content (AvgIpc) is 4.13. The van der Waals surface area contributed by atoms with Crippen LogP contribution in [-0.2, 0) is 24.4 Å². The summed E-state index contributed by atoms with van der Waals surface area (Å²) in [7, 11) is -4.02. The van der Waals surface area contributed by atoms with Crippen molar-refractivity contribution in [3.8, 4) is 17.4 Å². The van der Waals surface area contributed by atoms with Gasteiger partial charge in [-0.1, -0.05) is 32.9 Å². The van der Waals surface area contributed by atoms with Gasteiger partial charge in [0, 0.05) is 35.9 Å². The van der Waals surface area contributed by atoms with Gasteiger partial charge in [0.1, 0.15) is 36.9 Å². The van der Waals surface area contributed by atoms with Crippen LogP contribution in [-0.4, -0.2) is 107 Å². The number of carbonyl (C=O) groups is 4. The summed E-state index contributed by atoms with van der Waals surface area (Å²) < 4.78 is 45.9. The van der Waals surface area contributed by atoms with E-state index in [9.17, 15) is 27.9 Å². The Morgan fingerprint density at radius 1 is 1.07 bits per heavy atom. The highest BCUT2D eigenvalue weighted by Gasteiger charge is 2.63. The van der Waals surface area contributed by atoms with E-state index in [1.807, 2.05) is 32.1 Å². The molecule has 1 aromatic heterocycles. The summed E-state index contributed by atoms with van der Waals surface area (Å²) in [5.74, 6) is -1.27. The van der Waals surface area contributed by atoms with Crippen molar-refractivity contribution < 1.29 is 46.9 Å². The van der Waals surface area contributed by atoms with Crippen LogP contribution in [0.2, 0.25) is 0 Å². The van der Waals surface area contributed by atoms with E-state index in [4.69, 9.17) is 14.2 Å². The highest BCUT2D eigenvalue weighted by atomic mass is 32.2. The molecule has 3 N–H and O–H groups in total. The van der Waals surface area contributed by atoms with Crippen LogP contribution in [0.5, 0.6) is 17.4 Å². The van der Waals surface area contributed by atoms with Crippen LogP contribution in [0.3, 0.4) is 0 Å². The van der Waals surface area contributed by atoms with Crippen molar-refractivity contribution in [3.05, 3.63) is 36.5 Å². The van der Waals surface area contributed by atoms with Gasteiger partial charge >= 0.3 is 6.09 Å². The average molecular weight is 808 g/mol. The second-order valence-corrected chi connectivity index (χ2v) is 20.1. The molecule has 0 unspecified atom stereocenters. The largest absolute Gasteiger partial charge is 0.486 e. The van der Waals surface area contributed by atoms with Crippen molar-refractivity contribution in [2.45, 2.75) is 114 Å². The van der Waals surface area contributed by atoms with Crippen LogP contribution in [0.4, 0.5) is 4.79 Å². The first-order valence-electron chi connectivity index (χ1n) is 20.2. The summed E-state index contributed by atoms with van der Waals surface area (Å²) in [5.41, 5.74) is -1.80. The summed E-state index contributed by atoms with van der Waals surface area (Å²) in [6, 6.07) is 3.14. The number of carboxylic acid groups (broad SMARTS) is 1. The van der Waals surface area contributed by atoms with Crippen LogP contribution in [0.15, 0.2) is 36.5 Å². The third-order valence-electron chi connectivity index (χ3n) is 13.1. The van der Waals surface area contributed by atoms with Gasteiger partial charge in [-0.15, -0.1) is 0 Å². The zero-order valence-electron chi connectivity index (χ0n) is 33.0. The Balaban J connectivity index is 1.15. The van der Waals surface area contributed by atoms with Gasteiger partial charge < -0.3 is 29.5 Å². The molecule has 1 aromatic carbocycles. The molecule has 4 amide bonds. The quantitative estimate of drug-likeness (QED) is 0.321. The van der Waals surface area contributed by atoms with Crippen LogP contribution >= 0.6 is 0 Å². The van der Waals surface area contributed by atoms with E-state index in [2.05, 4.69) is 21.9 Å². The molecule has 6 aliphatic rings. The number of aromatic nitrogens is 1. The number of benzene rings is 1. The first kappa shape index (κ1) is 39.2. The lowest BCUT2D eigenvalue weighted by atomic mass is 9.86. The lowest BCUT2D eigenvalue weighted by Gasteiger charge is -2.38. The molecule has 0 bridgehead atoms. The number of ether oxygens (including phenoxy) is 3. The lowest BCUT2D eigenvalue weighted by Crippen LogP contribution is -2.60. The fourth-order valence-corrected chi connectivity index (χ4v) is 10.2. The molecule has 3 aliphatic heterocycles. The first-order chi connectivity index (χ1) is 27.0. The molecule has 57 heavy (non-hydrogen) atoms. The van der Waals surface area contributed by atoms with E-state index >= 15 is 4.79 Å². The minimum atomic E-state index is -4.02. The number of nitrogens with one attached hydrogen (secondary N) is 2. The molecule has 7 atom stereocenters. The Hall–Kier alpha value is -4.60. The molecule has 0 radical (unpaired) electrons. The van der Waals surface area contributed by atoms with Gasteiger partial charge in [-0.3, -0.25) is 24.0 Å². The topological polar surface area (TPSA) is 194 Å². The Labute approximate surface area is 332 Å². The molecule has 4 fully saturated rings. The summed E-state index contributed by atoms with van der Waals surface area (Å²) in [5, 5.41) is 14.9. The van der Waals surface area contributed by atoms with Crippen molar-refractivity contribution in [1.82, 2.24) is 24.8 Å². The molecule has 16 heteroatoms. The van der Waals surface area contributed by atoms with Crippen molar-refractivity contribution in [3.63, 3.8) is 0 Å². The zero-order chi connectivity index (χ0) is 40.5. The second-order valence-electron chi connectivity index (χ2n) is 17.9. The van der Waals surface area contributed by atoms with Gasteiger partial charge in [0.2, 0.25) is 27.7 Å². The molecule has 1 saturated heterocycles. The molecular formula is C41H53N5O10S. The number of allylic oxidation sites excluding steroid dienone is 1. The number of amides is 4. The van der Waals surface area contributed by atoms with Gasteiger partial charge in [-0.05, 0) is 93.7 Å². The maximum absolute atomic E-state index is 15.1. The number of hydrogen-bond acceptors (Lipinski definition) is 10. The molecule has 3 saturated carbocycles. The third-order valence-corrected chi connectivity index (χ3v) is 15.3. The minimum absolute atomic E-state index is 0.0110. The molecular weight excluding hydrogens is 755 g/mol. The minimum Gasteiger partial charge on any atom is -0.486 e. The van der Waals surface area contributed by atoms with E-state index in [1.165, 1.54) is 9.80 Å². The first-order valence-corrected chi connectivity index (χ1v) is 21.7. The normalized spacial score (nSPS) is 32.0. The van der Waals surface area contributed by atoms with Gasteiger partial charge in [-0.2, -0.15) is 0 Å². The third kappa shape index (κ3) is 7.49. The zero-order valence-corrected chi connectivity index (χ0v) is 33.8. The predicted octanol–water partition coefficient (Wildman–Crippen LogP) is 4.39. The fourth-order valence-electron chi connectivity index (χ4n) is 8.88. The smallest absolute Gasteiger partial charge is 0.408 e. The number of nitrogens with zero attached hydrogens (tertiary/aromatic N) is 3. The molecule has 2 aromatic rings. The van der Waals surface area contributed by atoms with Crippen molar-refractivity contribution >= 4 is 44.6 Å². The molecule has 308 valence electrons. The van der Waals surface area contributed by atoms with Gasteiger partial charge in [0.25, 0.3) is 5.91 Å². The van der Waals surface area contributed by atoms with Gasteiger partial charge in [-0.25, -0.2) is 18.2 Å². The second kappa shape index (κ2) is 14.3. The van der Waals surface area contributed by atoms with E-state index in [0.29, 0.717) is 55.8 Å². The standard InChI is InChI=1S/C41H53N5O10S/c1-24-7-5-6-8-26-21-41(26,37(49)44-57(52,53)40(4)14-15-40)43-34(47)30-20-27(56-35-29-9-10-31-33(55-18-17-54-31)28(29)11-16-42-35)22-45(30)36(48)32(25(2)19-24)46(38(50)51)23-39(3)12-13-39/h6,8-11,16,24-27,30,32H,5,7,12-15,17-23H2,1-4H3,(H,43,47)(H,44,49)(H,50,51)/b8-6-/t24-,25-,26-,27-,30+,32+,41-/m1/s1. The van der Waals surface area contributed by atoms with Crippen LogP contribution in [0.1, 0.15) is 85.5 Å². The number of carbonyl (C=O) groups excluding carboxylic acids is 3. The summed E-state index contributed by atoms with van der Waals surface area (Å²) >= 11 is 0.